The van der Waals surface area contributed by atoms with E-state index in [0.717, 1.165) is 48.3 Å². The average molecular weight is 499 g/mol. The number of hydrogen-bond donors (Lipinski definition) is 2. The number of phenols is 2. The average Bonchev–Trinajstić information content (AvgIpc) is 2.83. The van der Waals surface area contributed by atoms with Crippen molar-refractivity contribution in [3.63, 3.8) is 0 Å². The molecule has 0 unspecified atom stereocenters. The molecule has 0 saturated heterocycles. The lowest BCUT2D eigenvalue weighted by Crippen LogP contribution is -1.96. The molecule has 2 aromatic rings. The van der Waals surface area contributed by atoms with Crippen molar-refractivity contribution >= 4 is 11.8 Å². The molecule has 2 nitrogen and oxygen atoms in total. The number of aryl methyl sites for hydroxylation is 4. The molecule has 2 N–H and O–H groups in total. The van der Waals surface area contributed by atoms with Gasteiger partial charge >= 0.3 is 0 Å². The van der Waals surface area contributed by atoms with Gasteiger partial charge < -0.3 is 10.2 Å². The Morgan fingerprint density at radius 1 is 0.514 bits per heavy atom. The van der Waals surface area contributed by atoms with Gasteiger partial charge in [-0.05, 0) is 85.0 Å². The summed E-state index contributed by atoms with van der Waals surface area (Å²) in [6.45, 7) is 8.72. The summed E-state index contributed by atoms with van der Waals surface area (Å²) in [6.07, 6.45) is 17.2. The van der Waals surface area contributed by atoms with E-state index in [-0.39, 0.29) is 0 Å². The van der Waals surface area contributed by atoms with Gasteiger partial charge in [0.05, 0.1) is 0 Å². The number of unbranched alkanes of at least 4 members (excludes halogenated alkanes) is 10. The van der Waals surface area contributed by atoms with Crippen molar-refractivity contribution in [3.05, 3.63) is 57.6 Å². The molecule has 0 radical (unpaired) electrons. The Hall–Kier alpha value is -1.61. The van der Waals surface area contributed by atoms with Crippen LogP contribution in [0.5, 0.6) is 11.5 Å². The Morgan fingerprint density at radius 2 is 0.886 bits per heavy atom. The third kappa shape index (κ3) is 10.9. The maximum atomic E-state index is 10.5. The van der Waals surface area contributed by atoms with E-state index in [9.17, 15) is 10.2 Å². The zero-order chi connectivity index (χ0) is 25.5. The molecule has 0 heterocycles. The summed E-state index contributed by atoms with van der Waals surface area (Å²) in [7, 11) is 0. The predicted octanol–water partition coefficient (Wildman–Crippen LogP) is 9.95. The number of aromatic hydroxyl groups is 2. The summed E-state index contributed by atoms with van der Waals surface area (Å²) in [6, 6.07) is 8.37. The molecule has 0 atom stereocenters. The van der Waals surface area contributed by atoms with E-state index in [4.69, 9.17) is 0 Å². The van der Waals surface area contributed by atoms with E-state index in [1.807, 2.05) is 23.9 Å². The molecule has 0 fully saturated rings. The first-order chi connectivity index (χ1) is 17.0. The van der Waals surface area contributed by atoms with Gasteiger partial charge in [0.1, 0.15) is 11.5 Å². The molecule has 0 bridgehead atoms. The quantitative estimate of drug-likeness (QED) is 0.201. The summed E-state index contributed by atoms with van der Waals surface area (Å²) >= 11 is 1.93. The topological polar surface area (TPSA) is 40.5 Å². The number of thioether (sulfide) groups is 1. The number of hydrogen-bond acceptors (Lipinski definition) is 3. The van der Waals surface area contributed by atoms with E-state index < -0.39 is 0 Å². The van der Waals surface area contributed by atoms with Gasteiger partial charge in [0, 0.05) is 11.5 Å². The van der Waals surface area contributed by atoms with Gasteiger partial charge in [-0.2, -0.15) is 11.8 Å². The number of benzene rings is 2. The van der Waals surface area contributed by atoms with Crippen LogP contribution in [0.1, 0.15) is 124 Å². The van der Waals surface area contributed by atoms with Crippen LogP contribution in [-0.2, 0) is 24.3 Å². The highest BCUT2D eigenvalue weighted by atomic mass is 32.2. The molecule has 0 aliphatic rings. The van der Waals surface area contributed by atoms with Crippen LogP contribution >= 0.6 is 11.8 Å². The van der Waals surface area contributed by atoms with Crippen LogP contribution in [0.2, 0.25) is 0 Å². The van der Waals surface area contributed by atoms with Crippen molar-refractivity contribution < 1.29 is 10.2 Å². The van der Waals surface area contributed by atoms with Gasteiger partial charge in [-0.15, -0.1) is 0 Å². The fraction of sp³-hybridized carbons (Fsp3) is 0.625. The third-order valence-electron chi connectivity index (χ3n) is 7.19. The summed E-state index contributed by atoms with van der Waals surface area (Å²) in [5.74, 6) is 2.81. The van der Waals surface area contributed by atoms with Gasteiger partial charge in [0.2, 0.25) is 0 Å². The van der Waals surface area contributed by atoms with Crippen LogP contribution in [0.3, 0.4) is 0 Å². The van der Waals surface area contributed by atoms with Crippen molar-refractivity contribution in [2.45, 2.75) is 129 Å². The summed E-state index contributed by atoms with van der Waals surface area (Å²) in [4.78, 5) is 0. The van der Waals surface area contributed by atoms with Crippen LogP contribution < -0.4 is 0 Å². The van der Waals surface area contributed by atoms with E-state index >= 15 is 0 Å². The zero-order valence-electron chi connectivity index (χ0n) is 22.9. The van der Waals surface area contributed by atoms with Crippen LogP contribution in [0.25, 0.3) is 0 Å². The van der Waals surface area contributed by atoms with E-state index in [1.54, 1.807) is 0 Å². The van der Waals surface area contributed by atoms with Gasteiger partial charge in [0.15, 0.2) is 0 Å². The largest absolute Gasteiger partial charge is 0.508 e. The molecule has 0 aliphatic heterocycles. The highest BCUT2D eigenvalue weighted by Crippen LogP contribution is 2.30. The zero-order valence-corrected chi connectivity index (χ0v) is 23.7. The smallest absolute Gasteiger partial charge is 0.119 e. The van der Waals surface area contributed by atoms with Crippen LogP contribution in [0.4, 0.5) is 0 Å². The van der Waals surface area contributed by atoms with Crippen molar-refractivity contribution in [1.29, 1.82) is 0 Å². The van der Waals surface area contributed by atoms with Crippen molar-refractivity contribution in [2.75, 3.05) is 0 Å². The third-order valence-corrected chi connectivity index (χ3v) is 8.22. The maximum absolute atomic E-state index is 10.5. The van der Waals surface area contributed by atoms with E-state index in [0.29, 0.717) is 11.5 Å². The van der Waals surface area contributed by atoms with Crippen LogP contribution in [0.15, 0.2) is 24.3 Å². The molecule has 0 spiro atoms. The molecule has 0 saturated carbocycles. The highest BCUT2D eigenvalue weighted by molar-refractivity contribution is 7.97. The molecule has 196 valence electrons. The lowest BCUT2D eigenvalue weighted by atomic mass is 10.00. The molecular weight excluding hydrogens is 448 g/mol. The summed E-state index contributed by atoms with van der Waals surface area (Å²) < 4.78 is 0. The fourth-order valence-corrected chi connectivity index (χ4v) is 5.92. The monoisotopic (exact) mass is 498 g/mol. The second-order valence-corrected chi connectivity index (χ2v) is 11.3. The molecule has 2 rings (SSSR count). The maximum Gasteiger partial charge on any atom is 0.119 e. The molecular formula is C32H50O2S. The Labute approximate surface area is 219 Å². The first-order valence-electron chi connectivity index (χ1n) is 14.2. The predicted molar refractivity (Wildman–Crippen MR) is 155 cm³/mol. The Kier molecular flexibility index (Phi) is 14.3. The van der Waals surface area contributed by atoms with Crippen molar-refractivity contribution in [2.24, 2.45) is 0 Å². The number of phenolic OH excluding ortho intramolecular Hbond substituents is 2. The number of rotatable bonds is 18. The molecule has 0 amide bonds. The summed E-state index contributed by atoms with van der Waals surface area (Å²) in [5.41, 5.74) is 7.21. The molecule has 0 aromatic heterocycles. The highest BCUT2D eigenvalue weighted by Gasteiger charge is 2.10. The lowest BCUT2D eigenvalue weighted by molar-refractivity contribution is 0.464. The van der Waals surface area contributed by atoms with Crippen LogP contribution in [0, 0.1) is 13.8 Å². The second kappa shape index (κ2) is 17.0. The van der Waals surface area contributed by atoms with Crippen molar-refractivity contribution in [3.8, 4) is 11.5 Å². The lowest BCUT2D eigenvalue weighted by Gasteiger charge is -2.14. The summed E-state index contributed by atoms with van der Waals surface area (Å²) in [5, 5.41) is 20.9. The standard InChI is InChI=1S/C32H50O2S/c1-5-7-9-11-13-15-17-27-21-29(25(3)19-31(27)33)23-35-24-30-22-28(32(34)20-26(30)4)18-16-14-12-10-8-6-2/h19-22,33-34H,5-18,23-24H2,1-4H3. The van der Waals surface area contributed by atoms with Crippen LogP contribution in [-0.4, -0.2) is 10.2 Å². The second-order valence-electron chi connectivity index (χ2n) is 10.3. The van der Waals surface area contributed by atoms with Gasteiger partial charge in [-0.1, -0.05) is 90.2 Å². The van der Waals surface area contributed by atoms with Gasteiger partial charge in [-0.25, -0.2) is 0 Å². The van der Waals surface area contributed by atoms with Crippen molar-refractivity contribution in [1.82, 2.24) is 0 Å². The first-order valence-corrected chi connectivity index (χ1v) is 15.3. The SMILES string of the molecule is CCCCCCCCc1cc(CSCc2cc(CCCCCCCC)c(O)cc2C)c(C)cc1O. The minimum absolute atomic E-state index is 0.457. The molecule has 35 heavy (non-hydrogen) atoms. The fourth-order valence-electron chi connectivity index (χ4n) is 4.75. The Bertz CT molecular complexity index is 803. The molecule has 3 heteroatoms. The minimum Gasteiger partial charge on any atom is -0.508 e. The minimum atomic E-state index is 0.457. The van der Waals surface area contributed by atoms with Gasteiger partial charge in [0.25, 0.3) is 0 Å². The first kappa shape index (κ1) is 29.6. The van der Waals surface area contributed by atoms with E-state index in [2.05, 4.69) is 39.8 Å². The Balaban J connectivity index is 1.88. The Morgan fingerprint density at radius 3 is 1.29 bits per heavy atom. The molecule has 0 aliphatic carbocycles. The van der Waals surface area contributed by atoms with Gasteiger partial charge in [-0.3, -0.25) is 0 Å². The normalized spacial score (nSPS) is 11.3. The van der Waals surface area contributed by atoms with E-state index in [1.165, 1.54) is 86.5 Å². The molecule has 2 aromatic carbocycles.